The lowest BCUT2D eigenvalue weighted by atomic mass is 10.1. The van der Waals surface area contributed by atoms with Crippen LogP contribution in [0.2, 0.25) is 0 Å². The normalized spacial score (nSPS) is 12.0. The number of fused-ring (bicyclic) bond motifs is 2. The summed E-state index contributed by atoms with van der Waals surface area (Å²) < 4.78 is 15.8. The van der Waals surface area contributed by atoms with Gasteiger partial charge >= 0.3 is 11.7 Å². The van der Waals surface area contributed by atoms with Crippen LogP contribution in [-0.2, 0) is 16.0 Å². The molecule has 7 heteroatoms. The van der Waals surface area contributed by atoms with Gasteiger partial charge in [0.05, 0.1) is 12.5 Å². The predicted octanol–water partition coefficient (Wildman–Crippen LogP) is 3.05. The predicted molar refractivity (Wildman–Crippen MR) is 106 cm³/mol. The first-order valence-corrected chi connectivity index (χ1v) is 8.95. The number of methoxy groups -OCH3 is 1. The number of benzene rings is 2. The van der Waals surface area contributed by atoms with Crippen molar-refractivity contribution in [1.82, 2.24) is 5.32 Å². The summed E-state index contributed by atoms with van der Waals surface area (Å²) in [6.45, 7) is 0. The molecule has 7 nitrogen and oxygen atoms in total. The summed E-state index contributed by atoms with van der Waals surface area (Å²) in [4.78, 5) is 37.4. The van der Waals surface area contributed by atoms with Crippen molar-refractivity contribution in [2.45, 2.75) is 12.5 Å². The van der Waals surface area contributed by atoms with E-state index in [1.807, 2.05) is 30.3 Å². The molecule has 1 unspecified atom stereocenters. The van der Waals surface area contributed by atoms with E-state index in [9.17, 15) is 14.4 Å². The molecule has 2 aromatic heterocycles. The number of furan rings is 1. The Morgan fingerprint density at radius 2 is 1.72 bits per heavy atom. The van der Waals surface area contributed by atoms with Crippen LogP contribution in [0.1, 0.15) is 16.1 Å². The van der Waals surface area contributed by atoms with Gasteiger partial charge < -0.3 is 18.9 Å². The average molecular weight is 391 g/mol. The third-order valence-electron chi connectivity index (χ3n) is 4.57. The van der Waals surface area contributed by atoms with Gasteiger partial charge in [0.2, 0.25) is 5.43 Å². The summed E-state index contributed by atoms with van der Waals surface area (Å²) in [5, 5.41) is 3.16. The van der Waals surface area contributed by atoms with Crippen LogP contribution in [0.3, 0.4) is 0 Å². The summed E-state index contributed by atoms with van der Waals surface area (Å²) >= 11 is 0. The van der Waals surface area contributed by atoms with Gasteiger partial charge in [-0.2, -0.15) is 0 Å². The van der Waals surface area contributed by atoms with Crippen LogP contribution in [0, 0.1) is 0 Å². The molecule has 29 heavy (non-hydrogen) atoms. The van der Waals surface area contributed by atoms with Crippen LogP contribution in [0.4, 0.5) is 0 Å². The van der Waals surface area contributed by atoms with Crippen molar-refractivity contribution >= 4 is 34.0 Å². The Balaban J connectivity index is 1.64. The molecule has 0 aliphatic carbocycles. The zero-order chi connectivity index (χ0) is 20.4. The molecule has 0 bridgehead atoms. The Labute approximate surface area is 164 Å². The highest BCUT2D eigenvalue weighted by atomic mass is 16.5. The molecule has 0 aliphatic heterocycles. The van der Waals surface area contributed by atoms with Gasteiger partial charge in [0.25, 0.3) is 5.91 Å². The zero-order valence-electron chi connectivity index (χ0n) is 15.5. The summed E-state index contributed by atoms with van der Waals surface area (Å²) in [5.41, 5.74) is 0.928. The van der Waals surface area contributed by atoms with E-state index in [4.69, 9.17) is 13.6 Å². The maximum absolute atomic E-state index is 12.7. The molecule has 1 atom stereocenters. The molecule has 4 aromatic rings. The molecule has 2 aromatic carbocycles. The summed E-state index contributed by atoms with van der Waals surface area (Å²) in [6, 6.07) is 16.4. The van der Waals surface area contributed by atoms with Gasteiger partial charge in [-0.25, -0.2) is 4.79 Å². The number of carbonyl (C=O) groups excluding carboxylic acids is 2. The monoisotopic (exact) mass is 391 g/mol. The first-order chi connectivity index (χ1) is 14.1. The van der Waals surface area contributed by atoms with Gasteiger partial charge in [0.15, 0.2) is 5.76 Å². The molecule has 0 saturated carbocycles. The van der Waals surface area contributed by atoms with Crippen molar-refractivity contribution < 1.29 is 23.2 Å². The lowest BCUT2D eigenvalue weighted by Crippen LogP contribution is -2.43. The Morgan fingerprint density at radius 1 is 1.00 bits per heavy atom. The van der Waals surface area contributed by atoms with Crippen LogP contribution in [0.5, 0.6) is 0 Å². The Hall–Kier alpha value is -3.87. The fourth-order valence-electron chi connectivity index (χ4n) is 3.12. The molecular formula is C22H17NO6. The topological polar surface area (TPSA) is 98.8 Å². The number of ether oxygens (including phenoxy) is 1. The Kier molecular flexibility index (Phi) is 4.87. The highest BCUT2D eigenvalue weighted by Crippen LogP contribution is 2.22. The number of nitrogens with one attached hydrogen (secondary N) is 1. The highest BCUT2D eigenvalue weighted by molar-refractivity contribution is 5.98. The van der Waals surface area contributed by atoms with E-state index in [-0.39, 0.29) is 28.8 Å². The second kappa shape index (κ2) is 7.63. The Morgan fingerprint density at radius 3 is 2.48 bits per heavy atom. The number of amides is 1. The summed E-state index contributed by atoms with van der Waals surface area (Å²) in [7, 11) is 1.25. The Bertz CT molecular complexity index is 1250. The number of para-hydroxylation sites is 1. The van der Waals surface area contributed by atoms with Crippen molar-refractivity contribution in [3.8, 4) is 0 Å². The molecule has 1 N–H and O–H groups in total. The average Bonchev–Trinajstić information content (AvgIpc) is 3.18. The molecule has 0 saturated heterocycles. The zero-order valence-corrected chi connectivity index (χ0v) is 15.5. The maximum atomic E-state index is 12.7. The second-order valence-corrected chi connectivity index (χ2v) is 6.48. The van der Waals surface area contributed by atoms with Crippen molar-refractivity contribution in [2.75, 3.05) is 7.11 Å². The van der Waals surface area contributed by atoms with Gasteiger partial charge in [-0.15, -0.1) is 0 Å². The fourth-order valence-corrected chi connectivity index (χ4v) is 3.12. The van der Waals surface area contributed by atoms with Crippen molar-refractivity contribution in [1.29, 1.82) is 0 Å². The number of hydrogen-bond acceptors (Lipinski definition) is 6. The number of hydrogen-bond donors (Lipinski definition) is 1. The number of carbonyl (C=O) groups is 2. The third-order valence-corrected chi connectivity index (χ3v) is 4.57. The van der Waals surface area contributed by atoms with Crippen LogP contribution in [0.15, 0.2) is 74.3 Å². The van der Waals surface area contributed by atoms with E-state index >= 15 is 0 Å². The molecule has 0 fully saturated rings. The van der Waals surface area contributed by atoms with Gasteiger partial charge in [0.1, 0.15) is 17.0 Å². The second-order valence-electron chi connectivity index (χ2n) is 6.48. The minimum absolute atomic E-state index is 0.0449. The van der Waals surface area contributed by atoms with E-state index in [0.717, 1.165) is 5.56 Å². The quantitative estimate of drug-likeness (QED) is 0.525. The van der Waals surface area contributed by atoms with E-state index in [2.05, 4.69) is 5.32 Å². The molecule has 0 spiro atoms. The first kappa shape index (κ1) is 18.5. The van der Waals surface area contributed by atoms with Crippen LogP contribution in [-0.4, -0.2) is 25.0 Å². The lowest BCUT2D eigenvalue weighted by molar-refractivity contribution is -0.142. The standard InChI is InChI=1S/C22H17NO6/c1-27-21(26)16(11-13-7-3-2-4-8-13)23-20(25)18-12-15-19(24)14-9-5-6-10-17(14)28-22(15)29-18/h2-10,12,16H,11H2,1H3,(H,23,25). The molecule has 2 heterocycles. The van der Waals surface area contributed by atoms with Crippen LogP contribution in [0.25, 0.3) is 22.1 Å². The minimum atomic E-state index is -0.911. The van der Waals surface area contributed by atoms with E-state index in [1.165, 1.54) is 13.2 Å². The van der Waals surface area contributed by atoms with Gasteiger partial charge in [0, 0.05) is 12.5 Å². The van der Waals surface area contributed by atoms with Crippen molar-refractivity contribution in [2.24, 2.45) is 0 Å². The third kappa shape index (κ3) is 3.62. The molecule has 146 valence electrons. The van der Waals surface area contributed by atoms with Gasteiger partial charge in [-0.3, -0.25) is 9.59 Å². The van der Waals surface area contributed by atoms with Crippen LogP contribution < -0.4 is 10.7 Å². The van der Waals surface area contributed by atoms with Crippen molar-refractivity contribution in [3.05, 3.63) is 82.2 Å². The van der Waals surface area contributed by atoms with Crippen LogP contribution >= 0.6 is 0 Å². The van der Waals surface area contributed by atoms with E-state index in [1.54, 1.807) is 24.3 Å². The highest BCUT2D eigenvalue weighted by Gasteiger charge is 2.25. The number of esters is 1. The van der Waals surface area contributed by atoms with E-state index in [0.29, 0.717) is 11.0 Å². The molecule has 0 radical (unpaired) electrons. The SMILES string of the molecule is COC(=O)C(Cc1ccccc1)NC(=O)c1cc2c(=O)c3ccccc3oc2o1. The van der Waals surface area contributed by atoms with E-state index < -0.39 is 17.9 Å². The largest absolute Gasteiger partial charge is 0.467 e. The summed E-state index contributed by atoms with van der Waals surface area (Å²) in [6.07, 6.45) is 0.251. The maximum Gasteiger partial charge on any atom is 0.328 e. The molecular weight excluding hydrogens is 374 g/mol. The minimum Gasteiger partial charge on any atom is -0.467 e. The molecule has 0 aliphatic rings. The fraction of sp³-hybridized carbons (Fsp3) is 0.136. The van der Waals surface area contributed by atoms with Crippen molar-refractivity contribution in [3.63, 3.8) is 0 Å². The van der Waals surface area contributed by atoms with Gasteiger partial charge in [-0.05, 0) is 17.7 Å². The molecule has 4 rings (SSSR count). The van der Waals surface area contributed by atoms with Gasteiger partial charge in [-0.1, -0.05) is 42.5 Å². The smallest absolute Gasteiger partial charge is 0.328 e. The first-order valence-electron chi connectivity index (χ1n) is 8.95. The summed E-state index contributed by atoms with van der Waals surface area (Å²) in [5.74, 6) is -1.40. The number of rotatable bonds is 5. The molecule has 1 amide bonds. The lowest BCUT2D eigenvalue weighted by Gasteiger charge is -2.15.